The molecule has 2 aromatic rings. The number of pyridine rings is 1. The highest BCUT2D eigenvalue weighted by Crippen LogP contribution is 2.12. The van der Waals surface area contributed by atoms with Crippen LogP contribution in [0.25, 0.3) is 5.69 Å². The summed E-state index contributed by atoms with van der Waals surface area (Å²) in [5, 5.41) is 2.37. The molecule has 1 heterocycles. The topological polar surface area (TPSA) is 51.1 Å². The fourth-order valence-corrected chi connectivity index (χ4v) is 1.66. The molecule has 1 aromatic heterocycles. The first-order valence-corrected chi connectivity index (χ1v) is 6.36. The van der Waals surface area contributed by atoms with E-state index in [1.165, 1.54) is 10.6 Å². The van der Waals surface area contributed by atoms with Crippen LogP contribution in [0.5, 0.6) is 0 Å². The SMILES string of the molecule is CC(S)C(=O)Nc1ccc(-n2ccccc2=O)cc1. The predicted octanol–water partition coefficient (Wildman–Crippen LogP) is 2.09. The van der Waals surface area contributed by atoms with Gasteiger partial charge in [-0.25, -0.2) is 0 Å². The second kappa shape index (κ2) is 5.75. The van der Waals surface area contributed by atoms with Crippen molar-refractivity contribution in [3.63, 3.8) is 0 Å². The first-order valence-electron chi connectivity index (χ1n) is 5.85. The normalized spacial score (nSPS) is 11.9. The van der Waals surface area contributed by atoms with E-state index in [9.17, 15) is 9.59 Å². The number of hydrogen-bond donors (Lipinski definition) is 2. The Morgan fingerprint density at radius 2 is 1.89 bits per heavy atom. The van der Waals surface area contributed by atoms with Gasteiger partial charge in [-0.05, 0) is 37.3 Å². The minimum Gasteiger partial charge on any atom is -0.325 e. The molecule has 1 N–H and O–H groups in total. The van der Waals surface area contributed by atoms with Gasteiger partial charge < -0.3 is 5.32 Å². The zero-order chi connectivity index (χ0) is 13.8. The van der Waals surface area contributed by atoms with Gasteiger partial charge in [-0.2, -0.15) is 12.6 Å². The highest BCUT2D eigenvalue weighted by molar-refractivity contribution is 7.81. The molecule has 0 spiro atoms. The van der Waals surface area contributed by atoms with Gasteiger partial charge >= 0.3 is 0 Å². The summed E-state index contributed by atoms with van der Waals surface area (Å²) in [5.41, 5.74) is 1.34. The maximum atomic E-state index is 11.7. The number of rotatable bonds is 3. The lowest BCUT2D eigenvalue weighted by atomic mass is 10.2. The lowest BCUT2D eigenvalue weighted by Gasteiger charge is -2.09. The van der Waals surface area contributed by atoms with E-state index in [0.29, 0.717) is 5.69 Å². The summed E-state index contributed by atoms with van der Waals surface area (Å²) >= 11 is 4.06. The van der Waals surface area contributed by atoms with Gasteiger partial charge in [0.2, 0.25) is 5.91 Å². The molecule has 2 rings (SSSR count). The van der Waals surface area contributed by atoms with Crippen molar-refractivity contribution >= 4 is 24.2 Å². The van der Waals surface area contributed by atoms with Crippen LogP contribution in [-0.4, -0.2) is 15.7 Å². The number of carbonyl (C=O) groups is 1. The molecule has 0 bridgehead atoms. The number of nitrogens with one attached hydrogen (secondary N) is 1. The Hall–Kier alpha value is -2.01. The van der Waals surface area contributed by atoms with Crippen LogP contribution in [0.1, 0.15) is 6.92 Å². The van der Waals surface area contributed by atoms with Crippen LogP contribution < -0.4 is 10.9 Å². The third-order valence-electron chi connectivity index (χ3n) is 2.61. The Bertz CT molecular complexity index is 632. The fourth-order valence-electron chi connectivity index (χ4n) is 1.59. The van der Waals surface area contributed by atoms with E-state index in [2.05, 4.69) is 17.9 Å². The molecule has 0 saturated carbocycles. The largest absolute Gasteiger partial charge is 0.325 e. The highest BCUT2D eigenvalue weighted by Gasteiger charge is 2.07. The van der Waals surface area contributed by atoms with E-state index in [-0.39, 0.29) is 16.7 Å². The summed E-state index contributed by atoms with van der Waals surface area (Å²) in [7, 11) is 0. The summed E-state index contributed by atoms with van der Waals surface area (Å²) < 4.78 is 1.53. The predicted molar refractivity (Wildman–Crippen MR) is 79.1 cm³/mol. The lowest BCUT2D eigenvalue weighted by Crippen LogP contribution is -2.20. The standard InChI is InChI=1S/C14H14N2O2S/c1-10(19)14(18)15-11-5-7-12(8-6-11)16-9-3-2-4-13(16)17/h2-10,19H,1H3,(H,15,18). The minimum absolute atomic E-state index is 0.0942. The van der Waals surface area contributed by atoms with Gasteiger partial charge in [0.05, 0.1) is 5.25 Å². The number of aromatic nitrogens is 1. The van der Waals surface area contributed by atoms with E-state index < -0.39 is 0 Å². The number of benzene rings is 1. The van der Waals surface area contributed by atoms with Gasteiger partial charge in [0.25, 0.3) is 5.56 Å². The molecule has 19 heavy (non-hydrogen) atoms. The van der Waals surface area contributed by atoms with Crippen LogP contribution in [0.4, 0.5) is 5.69 Å². The van der Waals surface area contributed by atoms with Crippen LogP contribution >= 0.6 is 12.6 Å². The summed E-state index contributed by atoms with van der Waals surface area (Å²) in [6.07, 6.45) is 1.70. The molecular formula is C14H14N2O2S. The monoisotopic (exact) mass is 274 g/mol. The van der Waals surface area contributed by atoms with Crippen molar-refractivity contribution in [2.24, 2.45) is 0 Å². The molecule has 1 unspecified atom stereocenters. The Morgan fingerprint density at radius 1 is 1.21 bits per heavy atom. The fraction of sp³-hybridized carbons (Fsp3) is 0.143. The van der Waals surface area contributed by atoms with Gasteiger partial charge in [0.1, 0.15) is 0 Å². The van der Waals surface area contributed by atoms with Crippen LogP contribution in [0.3, 0.4) is 0 Å². The second-order valence-electron chi connectivity index (χ2n) is 4.12. The summed E-state index contributed by atoms with van der Waals surface area (Å²) in [6, 6.07) is 12.0. The van der Waals surface area contributed by atoms with Crippen molar-refractivity contribution in [3.8, 4) is 5.69 Å². The zero-order valence-electron chi connectivity index (χ0n) is 10.4. The number of thiol groups is 1. The maximum absolute atomic E-state index is 11.7. The number of amides is 1. The molecule has 0 aliphatic rings. The molecule has 0 aliphatic carbocycles. The van der Waals surface area contributed by atoms with Crippen LogP contribution in [0, 0.1) is 0 Å². The first kappa shape index (κ1) is 13.4. The Kier molecular flexibility index (Phi) is 4.06. The van der Waals surface area contributed by atoms with Crippen LogP contribution in [-0.2, 0) is 4.79 Å². The van der Waals surface area contributed by atoms with Gasteiger partial charge in [-0.3, -0.25) is 14.2 Å². The third kappa shape index (κ3) is 3.26. The van der Waals surface area contributed by atoms with Crippen molar-refractivity contribution in [3.05, 3.63) is 59.0 Å². The van der Waals surface area contributed by atoms with Crippen molar-refractivity contribution in [1.29, 1.82) is 0 Å². The molecule has 1 atom stereocenters. The van der Waals surface area contributed by atoms with E-state index in [0.717, 1.165) is 5.69 Å². The van der Waals surface area contributed by atoms with E-state index in [1.54, 1.807) is 49.5 Å². The average molecular weight is 274 g/mol. The molecule has 0 saturated heterocycles. The molecular weight excluding hydrogens is 260 g/mol. The van der Waals surface area contributed by atoms with Gasteiger partial charge in [0.15, 0.2) is 0 Å². The van der Waals surface area contributed by atoms with Crippen molar-refractivity contribution < 1.29 is 4.79 Å². The summed E-state index contributed by atoms with van der Waals surface area (Å²) in [6.45, 7) is 1.70. The van der Waals surface area contributed by atoms with Crippen molar-refractivity contribution in [2.45, 2.75) is 12.2 Å². The van der Waals surface area contributed by atoms with Gasteiger partial charge in [-0.1, -0.05) is 6.07 Å². The number of nitrogens with zero attached hydrogens (tertiary/aromatic N) is 1. The molecule has 0 radical (unpaired) electrons. The average Bonchev–Trinajstić information content (AvgIpc) is 2.40. The lowest BCUT2D eigenvalue weighted by molar-refractivity contribution is -0.115. The summed E-state index contributed by atoms with van der Waals surface area (Å²) in [5.74, 6) is -0.159. The number of hydrogen-bond acceptors (Lipinski definition) is 3. The molecule has 4 nitrogen and oxygen atoms in total. The summed E-state index contributed by atoms with van der Waals surface area (Å²) in [4.78, 5) is 23.1. The Morgan fingerprint density at radius 3 is 2.47 bits per heavy atom. The minimum atomic E-state index is -0.364. The van der Waals surface area contributed by atoms with Crippen LogP contribution in [0.15, 0.2) is 53.5 Å². The molecule has 1 amide bonds. The quantitative estimate of drug-likeness (QED) is 0.842. The van der Waals surface area contributed by atoms with E-state index in [4.69, 9.17) is 0 Å². The van der Waals surface area contributed by atoms with E-state index >= 15 is 0 Å². The van der Waals surface area contributed by atoms with Crippen molar-refractivity contribution in [2.75, 3.05) is 5.32 Å². The smallest absolute Gasteiger partial charge is 0.255 e. The Labute approximate surface area is 116 Å². The molecule has 1 aromatic carbocycles. The number of carbonyl (C=O) groups excluding carboxylic acids is 1. The maximum Gasteiger partial charge on any atom is 0.255 e. The first-order chi connectivity index (χ1) is 9.08. The number of anilines is 1. The third-order valence-corrected chi connectivity index (χ3v) is 2.85. The van der Waals surface area contributed by atoms with Crippen molar-refractivity contribution in [1.82, 2.24) is 4.57 Å². The highest BCUT2D eigenvalue weighted by atomic mass is 32.1. The molecule has 5 heteroatoms. The molecule has 0 fully saturated rings. The molecule has 98 valence electrons. The second-order valence-corrected chi connectivity index (χ2v) is 4.90. The van der Waals surface area contributed by atoms with Gasteiger partial charge in [-0.15, -0.1) is 0 Å². The zero-order valence-corrected chi connectivity index (χ0v) is 11.3. The Balaban J connectivity index is 2.22. The molecule has 0 aliphatic heterocycles. The van der Waals surface area contributed by atoms with Gasteiger partial charge in [0, 0.05) is 23.6 Å². The van der Waals surface area contributed by atoms with Crippen LogP contribution in [0.2, 0.25) is 0 Å². The van der Waals surface area contributed by atoms with E-state index in [1.807, 2.05) is 0 Å².